The molecule has 1 aliphatic heterocycles. The minimum absolute atomic E-state index is 0.189. The predicted octanol–water partition coefficient (Wildman–Crippen LogP) is 2.63. The van der Waals surface area contributed by atoms with Gasteiger partial charge in [0, 0.05) is 19.3 Å². The van der Waals surface area contributed by atoms with Crippen LogP contribution in [0.4, 0.5) is 10.5 Å². The number of hydrogen-bond acceptors (Lipinski definition) is 4. The fraction of sp³-hybridized carbons (Fsp3) is 0.688. The Hall–Kier alpha value is -2.05. The summed E-state index contributed by atoms with van der Waals surface area (Å²) in [5.41, 5.74) is 0.0734. The topological polar surface area (TPSA) is 76.5 Å². The van der Waals surface area contributed by atoms with Crippen molar-refractivity contribution in [2.75, 3.05) is 11.9 Å². The molecule has 1 aromatic heterocycles. The van der Waals surface area contributed by atoms with E-state index in [0.717, 1.165) is 19.4 Å². The van der Waals surface area contributed by atoms with E-state index in [2.05, 4.69) is 10.4 Å². The van der Waals surface area contributed by atoms with Crippen molar-refractivity contribution in [1.82, 2.24) is 14.7 Å². The number of nitrogens with one attached hydrogen (secondary N) is 1. The second-order valence-corrected chi connectivity index (χ2v) is 6.76. The molecule has 0 radical (unpaired) electrons. The van der Waals surface area contributed by atoms with E-state index in [0.29, 0.717) is 18.7 Å². The lowest BCUT2D eigenvalue weighted by molar-refractivity contribution is -0.122. The molecule has 128 valence electrons. The van der Waals surface area contributed by atoms with Crippen molar-refractivity contribution >= 4 is 17.7 Å². The maximum atomic E-state index is 12.5. The van der Waals surface area contributed by atoms with Crippen LogP contribution >= 0.6 is 0 Å². The highest BCUT2D eigenvalue weighted by atomic mass is 16.6. The van der Waals surface area contributed by atoms with E-state index in [1.807, 2.05) is 27.7 Å². The van der Waals surface area contributed by atoms with Crippen LogP contribution in [0.5, 0.6) is 0 Å². The van der Waals surface area contributed by atoms with Gasteiger partial charge in [-0.2, -0.15) is 5.10 Å². The number of nitrogens with zero attached hydrogens (tertiary/aromatic N) is 3. The van der Waals surface area contributed by atoms with Crippen LogP contribution in [0.25, 0.3) is 0 Å². The molecule has 0 aromatic carbocycles. The molecule has 2 heterocycles. The monoisotopic (exact) mass is 322 g/mol. The van der Waals surface area contributed by atoms with Gasteiger partial charge in [-0.25, -0.2) is 4.79 Å². The third kappa shape index (κ3) is 4.71. The molecule has 0 saturated carbocycles. The van der Waals surface area contributed by atoms with Crippen molar-refractivity contribution in [1.29, 1.82) is 0 Å². The van der Waals surface area contributed by atoms with Crippen molar-refractivity contribution in [3.05, 3.63) is 12.4 Å². The Kier molecular flexibility index (Phi) is 5.28. The van der Waals surface area contributed by atoms with E-state index in [1.54, 1.807) is 17.1 Å². The van der Waals surface area contributed by atoms with Crippen LogP contribution in [0.1, 0.15) is 47.0 Å². The molecule has 1 unspecified atom stereocenters. The van der Waals surface area contributed by atoms with Crippen LogP contribution in [0, 0.1) is 0 Å². The summed E-state index contributed by atoms with van der Waals surface area (Å²) in [5.74, 6) is -0.189. The van der Waals surface area contributed by atoms with Crippen molar-refractivity contribution < 1.29 is 14.3 Å². The predicted molar refractivity (Wildman–Crippen MR) is 87.1 cm³/mol. The Morgan fingerprint density at radius 3 is 2.74 bits per heavy atom. The quantitative estimate of drug-likeness (QED) is 0.928. The van der Waals surface area contributed by atoms with Crippen molar-refractivity contribution in [3.8, 4) is 0 Å². The average molecular weight is 322 g/mol. The molecule has 2 rings (SSSR count). The number of piperidine rings is 1. The number of anilines is 1. The van der Waals surface area contributed by atoms with Crippen molar-refractivity contribution in [3.63, 3.8) is 0 Å². The Labute approximate surface area is 137 Å². The molecule has 1 atom stereocenters. The number of amides is 2. The Morgan fingerprint density at radius 1 is 1.39 bits per heavy atom. The average Bonchev–Trinajstić information content (AvgIpc) is 2.93. The molecule has 1 aliphatic rings. The standard InChI is InChI=1S/C16H26N4O3/c1-5-19-11-12(10-17-19)18-14(21)13-8-6-7-9-20(13)15(22)23-16(2,3)4/h10-11,13H,5-9H2,1-4H3,(H,18,21). The van der Waals surface area contributed by atoms with Crippen LogP contribution in [0.2, 0.25) is 0 Å². The van der Waals surface area contributed by atoms with Crippen LogP contribution < -0.4 is 5.32 Å². The maximum absolute atomic E-state index is 12.5. The van der Waals surface area contributed by atoms with Gasteiger partial charge in [0.2, 0.25) is 5.91 Å². The summed E-state index contributed by atoms with van der Waals surface area (Å²) in [4.78, 5) is 26.4. The highest BCUT2D eigenvalue weighted by molar-refractivity contribution is 5.96. The van der Waals surface area contributed by atoms with Crippen LogP contribution in [0.3, 0.4) is 0 Å². The second kappa shape index (κ2) is 7.02. The summed E-state index contributed by atoms with van der Waals surface area (Å²) >= 11 is 0. The molecule has 0 aliphatic carbocycles. The molecular formula is C16H26N4O3. The Bertz CT molecular complexity index is 562. The number of carbonyl (C=O) groups excluding carboxylic acids is 2. The summed E-state index contributed by atoms with van der Waals surface area (Å²) < 4.78 is 7.16. The van der Waals surface area contributed by atoms with Gasteiger partial charge in [-0.1, -0.05) is 0 Å². The molecule has 1 fully saturated rings. The molecule has 2 amide bonds. The zero-order valence-corrected chi connectivity index (χ0v) is 14.3. The minimum Gasteiger partial charge on any atom is -0.444 e. The van der Waals surface area contributed by atoms with E-state index < -0.39 is 17.7 Å². The van der Waals surface area contributed by atoms with Crippen molar-refractivity contribution in [2.45, 2.75) is 65.1 Å². The molecule has 1 saturated heterocycles. The van der Waals surface area contributed by atoms with Gasteiger partial charge in [-0.05, 0) is 47.0 Å². The normalized spacial score (nSPS) is 18.6. The first kappa shape index (κ1) is 17.3. The van der Waals surface area contributed by atoms with Gasteiger partial charge in [-0.3, -0.25) is 14.4 Å². The smallest absolute Gasteiger partial charge is 0.410 e. The number of hydrogen-bond donors (Lipinski definition) is 1. The molecule has 23 heavy (non-hydrogen) atoms. The molecule has 7 heteroatoms. The largest absolute Gasteiger partial charge is 0.444 e. The van der Waals surface area contributed by atoms with E-state index >= 15 is 0 Å². The summed E-state index contributed by atoms with van der Waals surface area (Å²) in [6, 6.07) is -0.497. The maximum Gasteiger partial charge on any atom is 0.410 e. The van der Waals surface area contributed by atoms with E-state index in [1.165, 1.54) is 4.90 Å². The number of ether oxygens (including phenoxy) is 1. The van der Waals surface area contributed by atoms with Gasteiger partial charge in [0.25, 0.3) is 0 Å². The summed E-state index contributed by atoms with van der Waals surface area (Å²) in [7, 11) is 0. The first-order chi connectivity index (χ1) is 10.8. The number of carbonyl (C=O) groups is 2. The van der Waals surface area contributed by atoms with Crippen LogP contribution in [0.15, 0.2) is 12.4 Å². The van der Waals surface area contributed by atoms with Gasteiger partial charge in [-0.15, -0.1) is 0 Å². The molecule has 0 bridgehead atoms. The van der Waals surface area contributed by atoms with Gasteiger partial charge < -0.3 is 10.1 Å². The number of likely N-dealkylation sites (tertiary alicyclic amines) is 1. The lowest BCUT2D eigenvalue weighted by atomic mass is 10.0. The lowest BCUT2D eigenvalue weighted by Crippen LogP contribution is -2.51. The molecule has 7 nitrogen and oxygen atoms in total. The fourth-order valence-electron chi connectivity index (χ4n) is 2.57. The van der Waals surface area contributed by atoms with E-state index in [4.69, 9.17) is 4.74 Å². The number of rotatable bonds is 3. The van der Waals surface area contributed by atoms with Gasteiger partial charge >= 0.3 is 6.09 Å². The van der Waals surface area contributed by atoms with Gasteiger partial charge in [0.05, 0.1) is 11.9 Å². The van der Waals surface area contributed by atoms with Gasteiger partial charge in [0.1, 0.15) is 11.6 Å². The summed E-state index contributed by atoms with van der Waals surface area (Å²) in [5, 5.41) is 6.97. The number of aromatic nitrogens is 2. The van der Waals surface area contributed by atoms with Crippen molar-refractivity contribution in [2.24, 2.45) is 0 Å². The zero-order valence-electron chi connectivity index (χ0n) is 14.3. The lowest BCUT2D eigenvalue weighted by Gasteiger charge is -2.35. The second-order valence-electron chi connectivity index (χ2n) is 6.76. The fourth-order valence-corrected chi connectivity index (χ4v) is 2.57. The number of aryl methyl sites for hydroxylation is 1. The molecule has 1 N–H and O–H groups in total. The highest BCUT2D eigenvalue weighted by Crippen LogP contribution is 2.21. The van der Waals surface area contributed by atoms with Crippen LogP contribution in [-0.2, 0) is 16.1 Å². The first-order valence-electron chi connectivity index (χ1n) is 8.13. The third-order valence-corrected chi connectivity index (χ3v) is 3.66. The van der Waals surface area contributed by atoms with Gasteiger partial charge in [0.15, 0.2) is 0 Å². The Morgan fingerprint density at radius 2 is 2.13 bits per heavy atom. The van der Waals surface area contributed by atoms with Crippen LogP contribution in [-0.4, -0.2) is 44.9 Å². The van der Waals surface area contributed by atoms with E-state index in [9.17, 15) is 9.59 Å². The third-order valence-electron chi connectivity index (χ3n) is 3.66. The van der Waals surface area contributed by atoms with E-state index in [-0.39, 0.29) is 5.91 Å². The first-order valence-corrected chi connectivity index (χ1v) is 8.13. The minimum atomic E-state index is -0.572. The molecule has 1 aromatic rings. The zero-order chi connectivity index (χ0) is 17.0. The molecular weight excluding hydrogens is 296 g/mol. The Balaban J connectivity index is 2.04. The summed E-state index contributed by atoms with van der Waals surface area (Å²) in [6.45, 7) is 8.73. The SMILES string of the molecule is CCn1cc(NC(=O)C2CCCCN2C(=O)OC(C)(C)C)cn1. The highest BCUT2D eigenvalue weighted by Gasteiger charge is 2.34. The molecule has 0 spiro atoms. The summed E-state index contributed by atoms with van der Waals surface area (Å²) in [6.07, 6.45) is 5.41.